The van der Waals surface area contributed by atoms with Crippen LogP contribution < -0.4 is 4.74 Å². The van der Waals surface area contributed by atoms with Crippen molar-refractivity contribution in [2.45, 2.75) is 32.9 Å². The number of para-hydroxylation sites is 1. The van der Waals surface area contributed by atoms with E-state index in [0.717, 1.165) is 0 Å². The summed E-state index contributed by atoms with van der Waals surface area (Å²) in [7, 11) is 0. The van der Waals surface area contributed by atoms with Crippen molar-refractivity contribution in [3.63, 3.8) is 0 Å². The Hall–Kier alpha value is -3.35. The van der Waals surface area contributed by atoms with E-state index in [-0.39, 0.29) is 17.9 Å². The number of carbonyl (C=O) groups is 2. The fraction of sp³-hybridized carbons (Fsp3) is 0.348. The van der Waals surface area contributed by atoms with Gasteiger partial charge in [0.1, 0.15) is 5.75 Å². The number of hydrogen-bond donors (Lipinski definition) is 0. The molecule has 0 N–H and O–H groups in total. The summed E-state index contributed by atoms with van der Waals surface area (Å²) in [6.45, 7) is 6.92. The summed E-state index contributed by atoms with van der Waals surface area (Å²) in [6, 6.07) is 14.5. The molecule has 2 atom stereocenters. The molecule has 2 amide bonds. The minimum absolute atomic E-state index is 0.00747. The van der Waals surface area contributed by atoms with E-state index in [2.05, 4.69) is 4.98 Å². The van der Waals surface area contributed by atoms with Crippen LogP contribution in [0.4, 0.5) is 0 Å². The number of benzene rings is 2. The Labute approximate surface area is 175 Å². The van der Waals surface area contributed by atoms with Crippen LogP contribution in [-0.2, 0) is 4.79 Å². The van der Waals surface area contributed by atoms with E-state index in [4.69, 9.17) is 9.15 Å². The quantitative estimate of drug-likeness (QED) is 0.663. The molecule has 0 bridgehead atoms. The maximum Gasteiger partial charge on any atom is 0.263 e. The number of fused-ring (bicyclic) bond motifs is 1. The summed E-state index contributed by atoms with van der Waals surface area (Å²) in [5, 5.41) is 0. The predicted molar refractivity (Wildman–Crippen MR) is 112 cm³/mol. The van der Waals surface area contributed by atoms with E-state index in [1.807, 2.05) is 49.4 Å². The average molecular weight is 407 g/mol. The monoisotopic (exact) mass is 407 g/mol. The molecule has 1 aromatic heterocycles. The Morgan fingerprint density at radius 1 is 1.13 bits per heavy atom. The highest BCUT2D eigenvalue weighted by molar-refractivity contribution is 5.94. The SMILES string of the molecule is Cc1nc2c(OC(C)C(=O)N3CCN(C(=O)c4ccccc4)CC3C)cccc2o1. The van der Waals surface area contributed by atoms with Crippen LogP contribution in [0.25, 0.3) is 11.1 Å². The van der Waals surface area contributed by atoms with Crippen molar-refractivity contribution in [3.8, 4) is 5.75 Å². The predicted octanol–water partition coefficient (Wildman–Crippen LogP) is 3.28. The third-order valence-corrected chi connectivity index (χ3v) is 5.36. The van der Waals surface area contributed by atoms with Crippen molar-refractivity contribution in [3.05, 3.63) is 60.0 Å². The van der Waals surface area contributed by atoms with Crippen LogP contribution in [0.3, 0.4) is 0 Å². The first kappa shape index (κ1) is 19.9. The fourth-order valence-electron chi connectivity index (χ4n) is 3.84. The molecule has 0 radical (unpaired) electrons. The summed E-state index contributed by atoms with van der Waals surface area (Å²) in [4.78, 5) is 33.7. The van der Waals surface area contributed by atoms with Crippen LogP contribution in [0.1, 0.15) is 30.1 Å². The summed E-state index contributed by atoms with van der Waals surface area (Å²) in [6.07, 6.45) is -0.675. The maximum absolute atomic E-state index is 13.1. The standard InChI is InChI=1S/C23H25N3O4/c1-15-14-25(23(28)18-8-5-4-6-9-18)12-13-26(15)22(27)16(2)29-19-10-7-11-20-21(19)24-17(3)30-20/h4-11,15-16H,12-14H2,1-3H3. The maximum atomic E-state index is 13.1. The Balaban J connectivity index is 1.42. The molecule has 0 spiro atoms. The average Bonchev–Trinajstić information content (AvgIpc) is 3.14. The van der Waals surface area contributed by atoms with E-state index >= 15 is 0 Å². The molecule has 0 saturated carbocycles. The number of oxazole rings is 1. The van der Waals surface area contributed by atoms with Crippen LogP contribution in [0.15, 0.2) is 52.9 Å². The van der Waals surface area contributed by atoms with Gasteiger partial charge in [0.2, 0.25) is 0 Å². The van der Waals surface area contributed by atoms with E-state index in [9.17, 15) is 9.59 Å². The number of amides is 2. The molecular formula is C23H25N3O4. The van der Waals surface area contributed by atoms with Gasteiger partial charge < -0.3 is 19.0 Å². The highest BCUT2D eigenvalue weighted by Crippen LogP contribution is 2.27. The summed E-state index contributed by atoms with van der Waals surface area (Å²) in [5.41, 5.74) is 1.91. The molecule has 30 heavy (non-hydrogen) atoms. The first-order valence-corrected chi connectivity index (χ1v) is 10.1. The Morgan fingerprint density at radius 2 is 1.90 bits per heavy atom. The van der Waals surface area contributed by atoms with Crippen molar-refractivity contribution in [1.29, 1.82) is 0 Å². The molecule has 2 unspecified atom stereocenters. The number of hydrogen-bond acceptors (Lipinski definition) is 5. The van der Waals surface area contributed by atoms with Gasteiger partial charge >= 0.3 is 0 Å². The van der Waals surface area contributed by atoms with Gasteiger partial charge in [-0.15, -0.1) is 0 Å². The molecule has 4 rings (SSSR count). The molecule has 7 nitrogen and oxygen atoms in total. The zero-order valence-corrected chi connectivity index (χ0v) is 17.4. The molecule has 1 aliphatic rings. The van der Waals surface area contributed by atoms with Gasteiger partial charge in [0, 0.05) is 38.2 Å². The molecule has 2 heterocycles. The van der Waals surface area contributed by atoms with Gasteiger partial charge in [0.15, 0.2) is 23.1 Å². The molecule has 3 aromatic rings. The van der Waals surface area contributed by atoms with Crippen molar-refractivity contribution in [1.82, 2.24) is 14.8 Å². The first-order valence-electron chi connectivity index (χ1n) is 10.1. The molecule has 1 fully saturated rings. The van der Waals surface area contributed by atoms with Crippen molar-refractivity contribution < 1.29 is 18.7 Å². The highest BCUT2D eigenvalue weighted by atomic mass is 16.5. The van der Waals surface area contributed by atoms with Gasteiger partial charge in [-0.1, -0.05) is 24.3 Å². The van der Waals surface area contributed by atoms with Crippen molar-refractivity contribution in [2.24, 2.45) is 0 Å². The Bertz CT molecular complexity index is 1060. The summed E-state index contributed by atoms with van der Waals surface area (Å²) >= 11 is 0. The van der Waals surface area contributed by atoms with Crippen LogP contribution >= 0.6 is 0 Å². The van der Waals surface area contributed by atoms with E-state index in [0.29, 0.717) is 47.9 Å². The molecule has 1 aliphatic heterocycles. The van der Waals surface area contributed by atoms with Crippen molar-refractivity contribution in [2.75, 3.05) is 19.6 Å². The van der Waals surface area contributed by atoms with E-state index < -0.39 is 6.10 Å². The number of rotatable bonds is 4. The third-order valence-electron chi connectivity index (χ3n) is 5.36. The lowest BCUT2D eigenvalue weighted by Crippen LogP contribution is -2.57. The molecule has 156 valence electrons. The van der Waals surface area contributed by atoms with Gasteiger partial charge in [0.25, 0.3) is 11.8 Å². The minimum atomic E-state index is -0.675. The van der Waals surface area contributed by atoms with Crippen LogP contribution in [-0.4, -0.2) is 58.4 Å². The second kappa shape index (κ2) is 8.18. The van der Waals surface area contributed by atoms with E-state index in [1.54, 1.807) is 29.7 Å². The zero-order valence-electron chi connectivity index (χ0n) is 17.4. The van der Waals surface area contributed by atoms with Gasteiger partial charge in [-0.25, -0.2) is 4.98 Å². The van der Waals surface area contributed by atoms with Gasteiger partial charge in [-0.05, 0) is 38.1 Å². The third kappa shape index (κ3) is 3.87. The van der Waals surface area contributed by atoms with E-state index in [1.165, 1.54) is 0 Å². The van der Waals surface area contributed by atoms with Crippen LogP contribution in [0, 0.1) is 6.92 Å². The molecule has 2 aromatic carbocycles. The lowest BCUT2D eigenvalue weighted by Gasteiger charge is -2.40. The fourth-order valence-corrected chi connectivity index (χ4v) is 3.84. The van der Waals surface area contributed by atoms with Gasteiger partial charge in [-0.2, -0.15) is 0 Å². The zero-order chi connectivity index (χ0) is 21.3. The van der Waals surface area contributed by atoms with Crippen molar-refractivity contribution >= 4 is 22.9 Å². The second-order valence-electron chi connectivity index (χ2n) is 7.59. The number of nitrogens with zero attached hydrogens (tertiary/aromatic N) is 3. The highest BCUT2D eigenvalue weighted by Gasteiger charge is 2.33. The molecule has 1 saturated heterocycles. The number of ether oxygens (including phenoxy) is 1. The normalized spacial score (nSPS) is 17.8. The number of aryl methyl sites for hydroxylation is 1. The summed E-state index contributed by atoms with van der Waals surface area (Å²) < 4.78 is 11.5. The second-order valence-corrected chi connectivity index (χ2v) is 7.59. The largest absolute Gasteiger partial charge is 0.478 e. The molecular weight excluding hydrogens is 382 g/mol. The lowest BCUT2D eigenvalue weighted by molar-refractivity contribution is -0.142. The first-order chi connectivity index (χ1) is 14.4. The van der Waals surface area contributed by atoms with Gasteiger partial charge in [0.05, 0.1) is 0 Å². The summed E-state index contributed by atoms with van der Waals surface area (Å²) in [5.74, 6) is 0.960. The topological polar surface area (TPSA) is 75.9 Å². The Morgan fingerprint density at radius 3 is 2.63 bits per heavy atom. The van der Waals surface area contributed by atoms with Crippen LogP contribution in [0.2, 0.25) is 0 Å². The number of aromatic nitrogens is 1. The van der Waals surface area contributed by atoms with Crippen LogP contribution in [0.5, 0.6) is 5.75 Å². The minimum Gasteiger partial charge on any atom is -0.478 e. The van der Waals surface area contributed by atoms with Gasteiger partial charge in [-0.3, -0.25) is 9.59 Å². The molecule has 7 heteroatoms. The number of carbonyl (C=O) groups excluding carboxylic acids is 2. The lowest BCUT2D eigenvalue weighted by atomic mass is 10.1. The Kier molecular flexibility index (Phi) is 5.44. The number of piperazine rings is 1. The molecule has 0 aliphatic carbocycles. The smallest absolute Gasteiger partial charge is 0.263 e.